The first-order valence-corrected chi connectivity index (χ1v) is 9.29. The van der Waals surface area contributed by atoms with Crippen LogP contribution in [0.5, 0.6) is 5.75 Å². The summed E-state index contributed by atoms with van der Waals surface area (Å²) < 4.78 is 5.26. The van der Waals surface area contributed by atoms with Crippen LogP contribution in [0.1, 0.15) is 42.3 Å². The van der Waals surface area contributed by atoms with Crippen LogP contribution in [0.15, 0.2) is 48.5 Å². The number of nitrogens with one attached hydrogen (secondary N) is 3. The molecule has 8 nitrogen and oxygen atoms in total. The molecule has 0 bridgehead atoms. The van der Waals surface area contributed by atoms with Gasteiger partial charge in [0.05, 0.1) is 12.1 Å². The van der Waals surface area contributed by atoms with E-state index in [9.17, 15) is 14.4 Å². The zero-order chi connectivity index (χ0) is 22.1. The van der Waals surface area contributed by atoms with E-state index >= 15 is 0 Å². The number of amides is 3. The zero-order valence-corrected chi connectivity index (χ0v) is 17.1. The summed E-state index contributed by atoms with van der Waals surface area (Å²) in [4.78, 5) is 35.7. The summed E-state index contributed by atoms with van der Waals surface area (Å²) in [5.41, 5.74) is 6.17. The van der Waals surface area contributed by atoms with Gasteiger partial charge in [-0.05, 0) is 35.2 Å². The summed E-state index contributed by atoms with van der Waals surface area (Å²) >= 11 is 0. The average Bonchev–Trinajstić information content (AvgIpc) is 2.74. The van der Waals surface area contributed by atoms with Gasteiger partial charge in [-0.15, -0.1) is 0 Å². The van der Waals surface area contributed by atoms with Gasteiger partial charge < -0.3 is 10.1 Å². The lowest BCUT2D eigenvalue weighted by Crippen LogP contribution is -2.47. The average molecular weight is 408 g/mol. The quantitative estimate of drug-likeness (QED) is 0.630. The van der Waals surface area contributed by atoms with Crippen LogP contribution >= 0.6 is 0 Å². The van der Waals surface area contributed by atoms with E-state index in [1.165, 1.54) is 0 Å². The van der Waals surface area contributed by atoms with E-state index in [-0.39, 0.29) is 24.3 Å². The molecule has 0 spiro atoms. The Morgan fingerprint density at radius 3 is 2.23 bits per heavy atom. The molecule has 0 unspecified atom stereocenters. The molecule has 3 N–H and O–H groups in total. The number of carbonyl (C=O) groups is 3. The Labute approximate surface area is 175 Å². The van der Waals surface area contributed by atoms with Crippen molar-refractivity contribution in [3.05, 3.63) is 65.2 Å². The molecule has 0 fully saturated rings. The van der Waals surface area contributed by atoms with Crippen LogP contribution in [0.4, 0.5) is 0 Å². The molecule has 0 aromatic heterocycles. The highest BCUT2D eigenvalue weighted by Gasteiger charge is 2.15. The molecular weight excluding hydrogens is 384 g/mol. The molecule has 156 valence electrons. The molecule has 8 heteroatoms. The highest BCUT2D eigenvalue weighted by Crippen LogP contribution is 2.22. The number of hydrazine groups is 1. The summed E-state index contributed by atoms with van der Waals surface area (Å²) in [5, 5.41) is 11.5. The fourth-order valence-electron chi connectivity index (χ4n) is 2.43. The number of ether oxygens (including phenoxy) is 1. The Bertz CT molecular complexity index is 956. The fourth-order valence-corrected chi connectivity index (χ4v) is 2.43. The van der Waals surface area contributed by atoms with Gasteiger partial charge >= 0.3 is 0 Å². The third-order valence-corrected chi connectivity index (χ3v) is 4.13. The minimum Gasteiger partial charge on any atom is -0.482 e. The van der Waals surface area contributed by atoms with Crippen LogP contribution < -0.4 is 20.9 Å². The van der Waals surface area contributed by atoms with E-state index in [0.29, 0.717) is 11.1 Å². The van der Waals surface area contributed by atoms with Gasteiger partial charge in [-0.25, -0.2) is 0 Å². The highest BCUT2D eigenvalue weighted by atomic mass is 16.5. The van der Waals surface area contributed by atoms with Crippen molar-refractivity contribution >= 4 is 17.7 Å². The van der Waals surface area contributed by atoms with Crippen molar-refractivity contribution in [1.82, 2.24) is 16.2 Å². The molecule has 0 aliphatic heterocycles. The second kappa shape index (κ2) is 10.1. The minimum atomic E-state index is -0.611. The van der Waals surface area contributed by atoms with E-state index in [1.807, 2.05) is 18.2 Å². The van der Waals surface area contributed by atoms with Gasteiger partial charge in [0.15, 0.2) is 6.61 Å². The number of benzene rings is 2. The minimum absolute atomic E-state index is 0.0203. The molecule has 0 saturated carbocycles. The van der Waals surface area contributed by atoms with Gasteiger partial charge in [-0.1, -0.05) is 45.0 Å². The van der Waals surface area contributed by atoms with Gasteiger partial charge in [0, 0.05) is 5.56 Å². The Balaban J connectivity index is 1.73. The van der Waals surface area contributed by atoms with Crippen LogP contribution in [-0.2, 0) is 15.0 Å². The molecular formula is C22H24N4O4. The lowest BCUT2D eigenvalue weighted by molar-refractivity contribution is -0.129. The van der Waals surface area contributed by atoms with Gasteiger partial charge in [0.1, 0.15) is 11.8 Å². The van der Waals surface area contributed by atoms with Crippen molar-refractivity contribution in [3.63, 3.8) is 0 Å². The standard InChI is InChI=1S/C22H24N4O4/c1-22(2,3)17-10-8-15(9-11-17)21(29)24-13-19(27)25-26-20(28)14-30-18-7-5-4-6-16(18)12-23/h4-11H,13-14H2,1-3H3,(H,24,29)(H,25,27)(H,26,28). The number of para-hydroxylation sites is 1. The molecule has 2 aromatic rings. The number of rotatable bonds is 6. The van der Waals surface area contributed by atoms with E-state index < -0.39 is 17.7 Å². The Hall–Kier alpha value is -3.86. The van der Waals surface area contributed by atoms with Gasteiger partial charge in [-0.3, -0.25) is 25.2 Å². The molecule has 2 aromatic carbocycles. The summed E-state index contributed by atoms with van der Waals surface area (Å²) in [6.07, 6.45) is 0. The molecule has 30 heavy (non-hydrogen) atoms. The largest absolute Gasteiger partial charge is 0.482 e. The third-order valence-electron chi connectivity index (χ3n) is 4.13. The Morgan fingerprint density at radius 2 is 1.60 bits per heavy atom. The van der Waals surface area contributed by atoms with E-state index in [2.05, 4.69) is 36.9 Å². The van der Waals surface area contributed by atoms with Crippen LogP contribution in [0.2, 0.25) is 0 Å². The summed E-state index contributed by atoms with van der Waals surface area (Å²) in [7, 11) is 0. The molecule has 0 aliphatic carbocycles. The van der Waals surface area contributed by atoms with Crippen LogP contribution in [-0.4, -0.2) is 30.9 Å². The molecule has 2 rings (SSSR count). The van der Waals surface area contributed by atoms with Crippen molar-refractivity contribution in [3.8, 4) is 11.8 Å². The molecule has 0 atom stereocenters. The van der Waals surface area contributed by atoms with Gasteiger partial charge in [0.25, 0.3) is 17.7 Å². The SMILES string of the molecule is CC(C)(C)c1ccc(C(=O)NCC(=O)NNC(=O)COc2ccccc2C#N)cc1. The van der Waals surface area contributed by atoms with Crippen LogP contribution in [0, 0.1) is 11.3 Å². The monoisotopic (exact) mass is 408 g/mol. The molecule has 3 amide bonds. The highest BCUT2D eigenvalue weighted by molar-refractivity contribution is 5.96. The van der Waals surface area contributed by atoms with Gasteiger partial charge in [-0.2, -0.15) is 5.26 Å². The number of carbonyl (C=O) groups excluding carboxylic acids is 3. The topological polar surface area (TPSA) is 120 Å². The maximum Gasteiger partial charge on any atom is 0.276 e. The maximum atomic E-state index is 12.1. The second-order valence-corrected chi connectivity index (χ2v) is 7.50. The lowest BCUT2D eigenvalue weighted by Gasteiger charge is -2.19. The summed E-state index contributed by atoms with van der Waals surface area (Å²) in [5.74, 6) is -1.33. The number of hydrogen-bond donors (Lipinski definition) is 3. The van der Waals surface area contributed by atoms with Crippen molar-refractivity contribution in [2.45, 2.75) is 26.2 Å². The number of nitrogens with zero attached hydrogens (tertiary/aromatic N) is 1. The van der Waals surface area contributed by atoms with Crippen LogP contribution in [0.3, 0.4) is 0 Å². The van der Waals surface area contributed by atoms with E-state index in [1.54, 1.807) is 36.4 Å². The van der Waals surface area contributed by atoms with E-state index in [4.69, 9.17) is 10.00 Å². The maximum absolute atomic E-state index is 12.1. The first kappa shape index (κ1) is 22.4. The van der Waals surface area contributed by atoms with Crippen molar-refractivity contribution in [2.75, 3.05) is 13.2 Å². The van der Waals surface area contributed by atoms with Gasteiger partial charge in [0.2, 0.25) is 0 Å². The Kier molecular flexibility index (Phi) is 7.53. The molecule has 0 aliphatic rings. The number of hydrogen-bond acceptors (Lipinski definition) is 5. The van der Waals surface area contributed by atoms with Crippen molar-refractivity contribution in [2.24, 2.45) is 0 Å². The molecule has 0 heterocycles. The second-order valence-electron chi connectivity index (χ2n) is 7.50. The lowest BCUT2D eigenvalue weighted by atomic mass is 9.87. The van der Waals surface area contributed by atoms with Crippen LogP contribution in [0.25, 0.3) is 0 Å². The predicted octanol–water partition coefficient (Wildman–Crippen LogP) is 1.81. The van der Waals surface area contributed by atoms with E-state index in [0.717, 1.165) is 5.56 Å². The molecule has 0 saturated heterocycles. The smallest absolute Gasteiger partial charge is 0.276 e. The summed E-state index contributed by atoms with van der Waals surface area (Å²) in [6.45, 7) is 5.54. The summed E-state index contributed by atoms with van der Waals surface area (Å²) in [6, 6.07) is 15.6. The third kappa shape index (κ3) is 6.63. The van der Waals surface area contributed by atoms with Crippen molar-refractivity contribution < 1.29 is 19.1 Å². The normalized spacial score (nSPS) is 10.5. The van der Waals surface area contributed by atoms with Crippen molar-refractivity contribution in [1.29, 1.82) is 5.26 Å². The first-order valence-electron chi connectivity index (χ1n) is 9.29. The zero-order valence-electron chi connectivity index (χ0n) is 17.1. The predicted molar refractivity (Wildman–Crippen MR) is 110 cm³/mol. The molecule has 0 radical (unpaired) electrons. The Morgan fingerprint density at radius 1 is 0.967 bits per heavy atom. The number of nitriles is 1. The first-order chi connectivity index (χ1) is 14.2. The fraction of sp³-hybridized carbons (Fsp3) is 0.273.